The van der Waals surface area contributed by atoms with Crippen molar-refractivity contribution in [2.24, 2.45) is 5.92 Å². The van der Waals surface area contributed by atoms with E-state index in [0.29, 0.717) is 36.1 Å². The zero-order chi connectivity index (χ0) is 25.3. The van der Waals surface area contributed by atoms with Crippen molar-refractivity contribution in [3.63, 3.8) is 0 Å². The molecule has 1 saturated heterocycles. The van der Waals surface area contributed by atoms with Gasteiger partial charge in [0.25, 0.3) is 6.43 Å². The summed E-state index contributed by atoms with van der Waals surface area (Å²) in [6, 6.07) is 3.90. The van der Waals surface area contributed by atoms with Crippen LogP contribution >= 0.6 is 0 Å². The average molecular weight is 505 g/mol. The number of nitrogens with one attached hydrogen (secondary N) is 2. The number of fused-ring (bicyclic) bond motifs is 3. The molecule has 0 unspecified atom stereocenters. The summed E-state index contributed by atoms with van der Waals surface area (Å²) in [6.07, 6.45) is 2.80. The number of nitrogens with zero attached hydrogens (tertiary/aromatic N) is 2. The summed E-state index contributed by atoms with van der Waals surface area (Å²) in [7, 11) is 0. The molecule has 6 rings (SSSR count). The Balaban J connectivity index is 1.39. The summed E-state index contributed by atoms with van der Waals surface area (Å²) in [5.41, 5.74) is 0.238. The number of benzene rings is 1. The molecule has 1 aromatic heterocycles. The lowest BCUT2D eigenvalue weighted by atomic mass is 9.66. The number of hydrogen-bond donors (Lipinski definition) is 2. The molecule has 1 aliphatic heterocycles. The molecule has 2 heterocycles. The number of aryl methyl sites for hydroxylation is 1. The normalized spacial score (nSPS) is 23.9. The molecule has 3 aliphatic carbocycles. The summed E-state index contributed by atoms with van der Waals surface area (Å²) < 4.78 is 52.3. The minimum atomic E-state index is -2.91. The Morgan fingerprint density at radius 2 is 1.83 bits per heavy atom. The van der Waals surface area contributed by atoms with Crippen LogP contribution < -0.4 is 10.6 Å². The lowest BCUT2D eigenvalue weighted by Gasteiger charge is -2.47. The van der Waals surface area contributed by atoms with E-state index in [1.54, 1.807) is 6.92 Å². The molecule has 0 radical (unpaired) electrons. The molecule has 0 spiro atoms. The Kier molecular flexibility index (Phi) is 7.16. The molecule has 2 aromatic rings. The van der Waals surface area contributed by atoms with E-state index in [1.165, 1.54) is 12.1 Å². The van der Waals surface area contributed by atoms with Gasteiger partial charge >= 0.3 is 0 Å². The number of aromatic nitrogens is 2. The van der Waals surface area contributed by atoms with E-state index in [0.717, 1.165) is 50.5 Å². The SMILES string of the molecule is Cc1nc(CC(=O)NC23CCC(CC2)CC3)c(C2OCCO2)c(NCc2cccc(C(F)F)c2F)n1. The minimum Gasteiger partial charge on any atom is -0.365 e. The smallest absolute Gasteiger partial charge is 0.266 e. The first kappa shape index (κ1) is 25.0. The summed E-state index contributed by atoms with van der Waals surface area (Å²) >= 11 is 0. The molecule has 1 aromatic carbocycles. The lowest BCUT2D eigenvalue weighted by Crippen LogP contribution is -2.54. The Bertz CT molecular complexity index is 1100. The Hall–Kier alpha value is -2.72. The van der Waals surface area contributed by atoms with E-state index in [2.05, 4.69) is 20.6 Å². The predicted molar refractivity (Wildman–Crippen MR) is 126 cm³/mol. The van der Waals surface area contributed by atoms with Crippen LogP contribution in [0.5, 0.6) is 0 Å². The van der Waals surface area contributed by atoms with Crippen molar-refractivity contribution < 1.29 is 27.4 Å². The Morgan fingerprint density at radius 1 is 1.14 bits per heavy atom. The summed E-state index contributed by atoms with van der Waals surface area (Å²) in [5, 5.41) is 6.33. The van der Waals surface area contributed by atoms with Crippen LogP contribution in [0.1, 0.15) is 79.4 Å². The summed E-state index contributed by atoms with van der Waals surface area (Å²) in [5.74, 6) is 0.461. The molecule has 2 bridgehead atoms. The van der Waals surface area contributed by atoms with Crippen LogP contribution in [-0.4, -0.2) is 34.6 Å². The maximum absolute atomic E-state index is 14.6. The van der Waals surface area contributed by atoms with Crippen LogP contribution in [0.3, 0.4) is 0 Å². The predicted octanol–water partition coefficient (Wildman–Crippen LogP) is 4.90. The number of hydrogen-bond acceptors (Lipinski definition) is 6. The second-order valence-corrected chi connectivity index (χ2v) is 10.0. The third-order valence-electron chi connectivity index (χ3n) is 7.61. The first-order valence-electron chi connectivity index (χ1n) is 12.5. The second-order valence-electron chi connectivity index (χ2n) is 10.0. The summed E-state index contributed by atoms with van der Waals surface area (Å²) in [6.45, 7) is 2.36. The fourth-order valence-electron chi connectivity index (χ4n) is 5.69. The van der Waals surface area contributed by atoms with Gasteiger partial charge in [0.2, 0.25) is 5.91 Å². The molecule has 194 valence electrons. The molecule has 10 heteroatoms. The number of amides is 1. The number of anilines is 1. The molecule has 7 nitrogen and oxygen atoms in total. The van der Waals surface area contributed by atoms with Gasteiger partial charge in [-0.15, -0.1) is 0 Å². The van der Waals surface area contributed by atoms with Gasteiger partial charge < -0.3 is 20.1 Å². The van der Waals surface area contributed by atoms with Crippen LogP contribution in [0, 0.1) is 18.7 Å². The van der Waals surface area contributed by atoms with Crippen LogP contribution in [0.15, 0.2) is 18.2 Å². The van der Waals surface area contributed by atoms with Gasteiger partial charge in [0, 0.05) is 17.6 Å². The van der Waals surface area contributed by atoms with Crippen molar-refractivity contribution in [3.05, 3.63) is 52.2 Å². The maximum atomic E-state index is 14.6. The van der Waals surface area contributed by atoms with E-state index in [1.807, 2.05) is 0 Å². The number of carbonyl (C=O) groups excluding carboxylic acids is 1. The standard InChI is InChI=1S/C26H31F3N4O3/c1-15-31-19(13-20(34)33-26-8-5-16(6-9-26)7-10-26)21(25-35-11-12-36-25)24(32-15)30-14-17-3-2-4-18(22(17)27)23(28)29/h2-4,16,23,25H,5-14H2,1H3,(H,33,34)(H,30,31,32). The monoisotopic (exact) mass is 504 g/mol. The van der Waals surface area contributed by atoms with Gasteiger partial charge in [-0.1, -0.05) is 18.2 Å². The lowest BCUT2D eigenvalue weighted by molar-refractivity contribution is -0.123. The van der Waals surface area contributed by atoms with Crippen molar-refractivity contribution in [3.8, 4) is 0 Å². The van der Waals surface area contributed by atoms with Crippen molar-refractivity contribution in [1.29, 1.82) is 0 Å². The van der Waals surface area contributed by atoms with Gasteiger partial charge in [0.1, 0.15) is 17.5 Å². The Morgan fingerprint density at radius 3 is 2.50 bits per heavy atom. The van der Waals surface area contributed by atoms with Gasteiger partial charge in [-0.25, -0.2) is 23.1 Å². The molecule has 36 heavy (non-hydrogen) atoms. The molecule has 2 N–H and O–H groups in total. The number of rotatable bonds is 8. The van der Waals surface area contributed by atoms with Crippen molar-refractivity contribution in [2.75, 3.05) is 18.5 Å². The van der Waals surface area contributed by atoms with Gasteiger partial charge in [0.05, 0.1) is 36.5 Å². The van der Waals surface area contributed by atoms with E-state index >= 15 is 0 Å². The van der Waals surface area contributed by atoms with Gasteiger partial charge in [0.15, 0.2) is 6.29 Å². The highest BCUT2D eigenvalue weighted by atomic mass is 19.3. The topological polar surface area (TPSA) is 85.4 Å². The summed E-state index contributed by atoms with van der Waals surface area (Å²) in [4.78, 5) is 22.2. The third kappa shape index (κ3) is 5.20. The molecular formula is C26H31F3N4O3. The zero-order valence-corrected chi connectivity index (χ0v) is 20.3. The minimum absolute atomic E-state index is 0.0248. The van der Waals surface area contributed by atoms with Crippen molar-refractivity contribution in [1.82, 2.24) is 15.3 Å². The molecule has 4 fully saturated rings. The molecular weight excluding hydrogens is 473 g/mol. The van der Waals surface area contributed by atoms with Crippen LogP contribution in [-0.2, 0) is 27.2 Å². The van der Waals surface area contributed by atoms with E-state index in [-0.39, 0.29) is 30.0 Å². The molecule has 4 aliphatic rings. The Labute approximate surface area is 208 Å². The highest BCUT2D eigenvalue weighted by molar-refractivity contribution is 5.79. The van der Waals surface area contributed by atoms with Crippen LogP contribution in [0.25, 0.3) is 0 Å². The van der Waals surface area contributed by atoms with Crippen LogP contribution in [0.2, 0.25) is 0 Å². The molecule has 1 amide bonds. The van der Waals surface area contributed by atoms with Crippen LogP contribution in [0.4, 0.5) is 19.0 Å². The van der Waals surface area contributed by atoms with Gasteiger partial charge in [-0.2, -0.15) is 0 Å². The van der Waals surface area contributed by atoms with Crippen molar-refractivity contribution in [2.45, 2.75) is 76.7 Å². The second kappa shape index (κ2) is 10.3. The number of ether oxygens (including phenoxy) is 2. The quantitative estimate of drug-likeness (QED) is 0.532. The maximum Gasteiger partial charge on any atom is 0.266 e. The zero-order valence-electron chi connectivity index (χ0n) is 20.3. The first-order chi connectivity index (χ1) is 17.3. The largest absolute Gasteiger partial charge is 0.365 e. The molecule has 0 atom stereocenters. The number of halogens is 3. The fraction of sp³-hybridized carbons (Fsp3) is 0.577. The average Bonchev–Trinajstić information content (AvgIpc) is 3.38. The number of carbonyl (C=O) groups is 1. The van der Waals surface area contributed by atoms with Gasteiger partial charge in [-0.3, -0.25) is 4.79 Å². The van der Waals surface area contributed by atoms with E-state index in [4.69, 9.17) is 9.47 Å². The highest BCUT2D eigenvalue weighted by Gasteiger charge is 2.41. The fourth-order valence-corrected chi connectivity index (χ4v) is 5.69. The van der Waals surface area contributed by atoms with Crippen molar-refractivity contribution >= 4 is 11.7 Å². The number of alkyl halides is 2. The van der Waals surface area contributed by atoms with E-state index in [9.17, 15) is 18.0 Å². The van der Waals surface area contributed by atoms with Gasteiger partial charge in [-0.05, 0) is 51.4 Å². The molecule has 3 saturated carbocycles. The first-order valence-corrected chi connectivity index (χ1v) is 12.5. The highest BCUT2D eigenvalue weighted by Crippen LogP contribution is 2.44. The third-order valence-corrected chi connectivity index (χ3v) is 7.61. The van der Waals surface area contributed by atoms with E-state index < -0.39 is 24.1 Å².